The van der Waals surface area contributed by atoms with Gasteiger partial charge in [-0.25, -0.2) is 0 Å². The highest BCUT2D eigenvalue weighted by Crippen LogP contribution is 2.45. The summed E-state index contributed by atoms with van der Waals surface area (Å²) in [5.41, 5.74) is 3.57. The Kier molecular flexibility index (Phi) is 4.85. The molecule has 2 aromatic rings. The van der Waals surface area contributed by atoms with E-state index in [1.165, 1.54) is 10.9 Å². The van der Waals surface area contributed by atoms with Gasteiger partial charge in [0.25, 0.3) is 0 Å². The highest BCUT2D eigenvalue weighted by Gasteiger charge is 2.22. The lowest BCUT2D eigenvalue weighted by Gasteiger charge is -2.25. The second-order valence-corrected chi connectivity index (χ2v) is 6.83. The molecule has 2 atom stereocenters. The Morgan fingerprint density at radius 1 is 1.29 bits per heavy atom. The zero-order chi connectivity index (χ0) is 15.6. The van der Waals surface area contributed by atoms with Crippen molar-refractivity contribution < 1.29 is 5.11 Å². The molecule has 0 aliphatic rings. The van der Waals surface area contributed by atoms with Gasteiger partial charge in [0.15, 0.2) is 0 Å². The minimum Gasteiger partial charge on any atom is -0.508 e. The van der Waals surface area contributed by atoms with E-state index >= 15 is 0 Å². The predicted molar refractivity (Wildman–Crippen MR) is 97.5 cm³/mol. The van der Waals surface area contributed by atoms with Crippen LogP contribution in [0.4, 0.5) is 0 Å². The molecule has 1 N–H and O–H groups in total. The van der Waals surface area contributed by atoms with Gasteiger partial charge in [0.2, 0.25) is 0 Å². The fourth-order valence-corrected chi connectivity index (χ4v) is 4.26. The minimum atomic E-state index is 0.110. The summed E-state index contributed by atoms with van der Waals surface area (Å²) in [4.78, 5) is 0. The van der Waals surface area contributed by atoms with Crippen LogP contribution >= 0.6 is 8.58 Å². The standard InChI is InChI=1S/C19H23OP/c1-6-15-17(13(4)20)11-14-9-7-8-10-16(14)18(15)19(21-5)12(2)3/h6-12,19-21H,1,4H2,2-3,5H3. The molecule has 2 heteroatoms. The van der Waals surface area contributed by atoms with Crippen molar-refractivity contribution >= 4 is 31.2 Å². The van der Waals surface area contributed by atoms with Crippen molar-refractivity contribution in [1.82, 2.24) is 0 Å². The molecule has 0 fully saturated rings. The maximum atomic E-state index is 9.97. The number of rotatable bonds is 5. The first-order chi connectivity index (χ1) is 10.0. The van der Waals surface area contributed by atoms with Crippen molar-refractivity contribution in [1.29, 1.82) is 0 Å². The first-order valence-electron chi connectivity index (χ1n) is 7.24. The van der Waals surface area contributed by atoms with Gasteiger partial charge >= 0.3 is 0 Å². The van der Waals surface area contributed by atoms with Gasteiger partial charge in [0.05, 0.1) is 0 Å². The first-order valence-corrected chi connectivity index (χ1v) is 8.82. The number of benzene rings is 2. The maximum Gasteiger partial charge on any atom is 0.116 e. The van der Waals surface area contributed by atoms with Gasteiger partial charge in [-0.1, -0.05) is 57.3 Å². The molecular formula is C19H23OP. The highest BCUT2D eigenvalue weighted by molar-refractivity contribution is 7.37. The van der Waals surface area contributed by atoms with Crippen molar-refractivity contribution in [2.24, 2.45) is 5.92 Å². The molecule has 2 unspecified atom stereocenters. The molecule has 0 radical (unpaired) electrons. The monoisotopic (exact) mass is 298 g/mol. The van der Waals surface area contributed by atoms with Crippen LogP contribution in [0.15, 0.2) is 43.5 Å². The molecule has 0 heterocycles. The number of hydrogen-bond donors (Lipinski definition) is 1. The Balaban J connectivity index is 2.92. The van der Waals surface area contributed by atoms with E-state index in [2.05, 4.69) is 51.9 Å². The van der Waals surface area contributed by atoms with Crippen molar-refractivity contribution in [2.75, 3.05) is 6.66 Å². The Hall–Kier alpha value is -1.59. The third-order valence-corrected chi connectivity index (χ3v) is 5.51. The molecule has 0 saturated carbocycles. The predicted octanol–water partition coefficient (Wildman–Crippen LogP) is 6.02. The summed E-state index contributed by atoms with van der Waals surface area (Å²) in [6.07, 6.45) is 1.86. The molecule has 0 aliphatic heterocycles. The molecule has 110 valence electrons. The normalized spacial score (nSPS) is 13.1. The van der Waals surface area contributed by atoms with Crippen LogP contribution in [0.1, 0.15) is 36.2 Å². The van der Waals surface area contributed by atoms with Crippen molar-refractivity contribution in [2.45, 2.75) is 19.5 Å². The number of fused-ring (bicyclic) bond motifs is 1. The molecule has 0 bridgehead atoms. The molecule has 0 saturated heterocycles. The lowest BCUT2D eigenvalue weighted by Crippen LogP contribution is -2.06. The quantitative estimate of drug-likeness (QED) is 0.529. The minimum absolute atomic E-state index is 0.110. The van der Waals surface area contributed by atoms with E-state index in [0.717, 1.165) is 25.1 Å². The smallest absolute Gasteiger partial charge is 0.116 e. The fraction of sp³-hybridized carbons (Fsp3) is 0.263. The van der Waals surface area contributed by atoms with E-state index in [-0.39, 0.29) is 5.76 Å². The Bertz CT molecular complexity index is 685. The van der Waals surface area contributed by atoms with Crippen LogP contribution < -0.4 is 0 Å². The van der Waals surface area contributed by atoms with Gasteiger partial charge in [-0.2, -0.15) is 0 Å². The summed E-state index contributed by atoms with van der Waals surface area (Å²) in [6.45, 7) is 14.4. The molecule has 0 spiro atoms. The van der Waals surface area contributed by atoms with Gasteiger partial charge in [-0.05, 0) is 40.5 Å². The van der Waals surface area contributed by atoms with E-state index in [1.54, 1.807) is 0 Å². The molecule has 0 aliphatic carbocycles. The molecule has 0 amide bonds. The lowest BCUT2D eigenvalue weighted by molar-refractivity contribution is 0.513. The average Bonchev–Trinajstić information content (AvgIpc) is 2.46. The van der Waals surface area contributed by atoms with Crippen LogP contribution in [0, 0.1) is 5.92 Å². The largest absolute Gasteiger partial charge is 0.508 e. The van der Waals surface area contributed by atoms with Crippen LogP contribution in [0.5, 0.6) is 0 Å². The van der Waals surface area contributed by atoms with E-state index < -0.39 is 0 Å². The van der Waals surface area contributed by atoms with Crippen LogP contribution in [0.2, 0.25) is 0 Å². The van der Waals surface area contributed by atoms with Gasteiger partial charge < -0.3 is 5.11 Å². The summed E-state index contributed by atoms with van der Waals surface area (Å²) in [7, 11) is 0.800. The molecule has 2 rings (SSSR count). The molecule has 0 aromatic heterocycles. The average molecular weight is 298 g/mol. The number of aliphatic hydroxyl groups excluding tert-OH is 1. The molecule has 2 aromatic carbocycles. The van der Waals surface area contributed by atoms with E-state index in [0.29, 0.717) is 11.6 Å². The second kappa shape index (κ2) is 6.45. The Labute approximate surface area is 129 Å². The summed E-state index contributed by atoms with van der Waals surface area (Å²) in [5, 5.41) is 12.4. The summed E-state index contributed by atoms with van der Waals surface area (Å²) >= 11 is 0. The number of aliphatic hydroxyl groups is 1. The van der Waals surface area contributed by atoms with Gasteiger partial charge in [-0.3, -0.25) is 0 Å². The van der Waals surface area contributed by atoms with Gasteiger partial charge in [0, 0.05) is 11.2 Å². The SMILES string of the molecule is C=Cc1c(C(=C)O)cc2ccccc2c1C(PC)C(C)C. The van der Waals surface area contributed by atoms with Crippen LogP contribution in [0.3, 0.4) is 0 Å². The van der Waals surface area contributed by atoms with Gasteiger partial charge in [-0.15, -0.1) is 8.58 Å². The van der Waals surface area contributed by atoms with Crippen molar-refractivity contribution in [3.05, 3.63) is 60.2 Å². The zero-order valence-corrected chi connectivity index (χ0v) is 14.0. The highest BCUT2D eigenvalue weighted by atomic mass is 31.1. The topological polar surface area (TPSA) is 20.2 Å². The third kappa shape index (κ3) is 2.89. The summed E-state index contributed by atoms with van der Waals surface area (Å²) < 4.78 is 0. The Morgan fingerprint density at radius 3 is 2.48 bits per heavy atom. The van der Waals surface area contributed by atoms with Crippen LogP contribution in [-0.4, -0.2) is 11.8 Å². The molecular weight excluding hydrogens is 275 g/mol. The van der Waals surface area contributed by atoms with Crippen molar-refractivity contribution in [3.8, 4) is 0 Å². The zero-order valence-electron chi connectivity index (χ0n) is 13.0. The van der Waals surface area contributed by atoms with Crippen LogP contribution in [-0.2, 0) is 0 Å². The first kappa shape index (κ1) is 15.8. The lowest BCUT2D eigenvalue weighted by atomic mass is 9.88. The fourth-order valence-electron chi connectivity index (χ4n) is 3.00. The van der Waals surface area contributed by atoms with Crippen molar-refractivity contribution in [3.63, 3.8) is 0 Å². The molecule has 21 heavy (non-hydrogen) atoms. The molecule has 1 nitrogen and oxygen atoms in total. The summed E-state index contributed by atoms with van der Waals surface area (Å²) in [5.74, 6) is 0.650. The van der Waals surface area contributed by atoms with Crippen LogP contribution in [0.25, 0.3) is 22.6 Å². The third-order valence-electron chi connectivity index (χ3n) is 3.93. The van der Waals surface area contributed by atoms with E-state index in [9.17, 15) is 5.11 Å². The summed E-state index contributed by atoms with van der Waals surface area (Å²) in [6, 6.07) is 10.4. The van der Waals surface area contributed by atoms with Gasteiger partial charge in [0.1, 0.15) is 5.76 Å². The van der Waals surface area contributed by atoms with E-state index in [1.807, 2.05) is 18.2 Å². The Morgan fingerprint density at radius 2 is 1.95 bits per heavy atom. The number of hydrogen-bond acceptors (Lipinski definition) is 1. The maximum absolute atomic E-state index is 9.97. The second-order valence-electron chi connectivity index (χ2n) is 5.63. The van der Waals surface area contributed by atoms with E-state index in [4.69, 9.17) is 0 Å².